The molecular weight excluding hydrogens is 384 g/mol. The summed E-state index contributed by atoms with van der Waals surface area (Å²) in [7, 11) is -3.58. The highest BCUT2D eigenvalue weighted by molar-refractivity contribution is 7.81. The molecule has 142 valence electrons. The molecule has 11 heteroatoms. The third-order valence-corrected chi connectivity index (χ3v) is 3.97. The second kappa shape index (κ2) is 6.37. The minimum atomic E-state index is -4.88. The van der Waals surface area contributed by atoms with Crippen molar-refractivity contribution in [2.75, 3.05) is 7.11 Å². The maximum Gasteiger partial charge on any atom is 0.446 e. The molecule has 0 aliphatic heterocycles. The average Bonchev–Trinajstić information content (AvgIpc) is 2.56. The van der Waals surface area contributed by atoms with E-state index in [9.17, 15) is 28.5 Å². The molecule has 0 fully saturated rings. The van der Waals surface area contributed by atoms with Gasteiger partial charge < -0.3 is 28.7 Å². The summed E-state index contributed by atoms with van der Waals surface area (Å²) < 4.78 is 45.1. The van der Waals surface area contributed by atoms with Crippen LogP contribution in [0.15, 0.2) is 39.5 Å². The van der Waals surface area contributed by atoms with Gasteiger partial charge in [-0.1, -0.05) is 0 Å². The zero-order chi connectivity index (χ0) is 19.9. The fourth-order valence-electron chi connectivity index (χ4n) is 2.45. The summed E-state index contributed by atoms with van der Waals surface area (Å²) in [6.07, 6.45) is 0. The van der Waals surface area contributed by atoms with Crippen LogP contribution in [0.25, 0.3) is 22.3 Å². The zero-order valence-electron chi connectivity index (χ0n) is 13.5. The van der Waals surface area contributed by atoms with E-state index in [0.29, 0.717) is 0 Å². The highest BCUT2D eigenvalue weighted by Gasteiger charge is 2.21. The average molecular weight is 396 g/mol. The highest BCUT2D eigenvalue weighted by atomic mass is 32.3. The molecule has 0 saturated heterocycles. The monoisotopic (exact) mass is 396 g/mol. The fraction of sp³-hybridized carbons (Fsp3) is 0.0625. The van der Waals surface area contributed by atoms with E-state index in [-0.39, 0.29) is 28.4 Å². The van der Waals surface area contributed by atoms with Crippen LogP contribution in [0.3, 0.4) is 0 Å². The Morgan fingerprint density at radius 2 is 1.74 bits per heavy atom. The molecule has 0 aliphatic rings. The lowest BCUT2D eigenvalue weighted by molar-refractivity contribution is 0.373. The van der Waals surface area contributed by atoms with Gasteiger partial charge in [0, 0.05) is 17.7 Å². The minimum Gasteiger partial charge on any atom is -0.507 e. The van der Waals surface area contributed by atoms with Gasteiger partial charge in [0.25, 0.3) is 0 Å². The molecule has 0 radical (unpaired) electrons. The normalized spacial score (nSPS) is 11.5. The molecule has 4 N–H and O–H groups in total. The predicted molar refractivity (Wildman–Crippen MR) is 91.6 cm³/mol. The Morgan fingerprint density at radius 3 is 2.37 bits per heavy atom. The standard InChI is InChI=1S/C16H12O10S/c1-24-11-4-7(2-3-9(11)17)16-15(20)14(19)13-10(18)5-8(6-12(13)25-16)26-27(21,22)23/h2-6,17-18,20H,1H3,(H,21,22,23). The van der Waals surface area contributed by atoms with E-state index >= 15 is 0 Å². The molecule has 3 rings (SSSR count). The van der Waals surface area contributed by atoms with Crippen LogP contribution in [0.1, 0.15) is 0 Å². The topological polar surface area (TPSA) is 164 Å². The number of fused-ring (bicyclic) bond motifs is 1. The molecule has 1 heterocycles. The van der Waals surface area contributed by atoms with Crippen LogP contribution >= 0.6 is 0 Å². The third kappa shape index (κ3) is 3.45. The molecule has 2 aromatic carbocycles. The van der Waals surface area contributed by atoms with Crippen molar-refractivity contribution >= 4 is 21.4 Å². The lowest BCUT2D eigenvalue weighted by atomic mass is 10.1. The second-order valence-corrected chi connectivity index (χ2v) is 6.34. The molecule has 10 nitrogen and oxygen atoms in total. The highest BCUT2D eigenvalue weighted by Crippen LogP contribution is 2.38. The van der Waals surface area contributed by atoms with E-state index < -0.39 is 38.5 Å². The first kappa shape index (κ1) is 18.4. The van der Waals surface area contributed by atoms with Crippen molar-refractivity contribution in [1.29, 1.82) is 0 Å². The molecule has 3 aromatic rings. The van der Waals surface area contributed by atoms with Gasteiger partial charge in [-0.25, -0.2) is 0 Å². The summed E-state index contributed by atoms with van der Waals surface area (Å²) in [4.78, 5) is 12.4. The van der Waals surface area contributed by atoms with Crippen LogP contribution in [-0.2, 0) is 10.4 Å². The predicted octanol–water partition coefficient (Wildman–Crippen LogP) is 1.77. The number of hydrogen-bond donors (Lipinski definition) is 4. The van der Waals surface area contributed by atoms with Crippen LogP contribution in [0.5, 0.6) is 28.7 Å². The number of ether oxygens (including phenoxy) is 1. The summed E-state index contributed by atoms with van der Waals surface area (Å²) in [5, 5.41) is 29.4. The molecule has 0 aliphatic carbocycles. The molecule has 0 spiro atoms. The van der Waals surface area contributed by atoms with E-state index in [2.05, 4.69) is 4.18 Å². The zero-order valence-corrected chi connectivity index (χ0v) is 14.3. The quantitative estimate of drug-likeness (QED) is 0.478. The van der Waals surface area contributed by atoms with Gasteiger partial charge in [0.2, 0.25) is 11.2 Å². The van der Waals surface area contributed by atoms with Gasteiger partial charge in [0.1, 0.15) is 16.7 Å². The Bertz CT molecular complexity index is 1210. The third-order valence-electron chi connectivity index (χ3n) is 3.57. The maximum atomic E-state index is 12.4. The van der Waals surface area contributed by atoms with Gasteiger partial charge in [-0.2, -0.15) is 8.42 Å². The largest absolute Gasteiger partial charge is 0.507 e. The van der Waals surface area contributed by atoms with Crippen molar-refractivity contribution in [3.8, 4) is 40.1 Å². The van der Waals surface area contributed by atoms with Crippen molar-refractivity contribution in [1.82, 2.24) is 0 Å². The molecule has 1 aromatic heterocycles. The molecule has 0 atom stereocenters. The molecule has 0 bridgehead atoms. The lowest BCUT2D eigenvalue weighted by Crippen LogP contribution is -2.07. The van der Waals surface area contributed by atoms with E-state index in [1.165, 1.54) is 25.3 Å². The van der Waals surface area contributed by atoms with Crippen molar-refractivity contribution in [2.45, 2.75) is 0 Å². The summed E-state index contributed by atoms with van der Waals surface area (Å²) in [5.41, 5.74) is -1.16. The van der Waals surface area contributed by atoms with Gasteiger partial charge in [-0.3, -0.25) is 9.35 Å². The number of rotatable bonds is 4. The van der Waals surface area contributed by atoms with Gasteiger partial charge >= 0.3 is 10.4 Å². The lowest BCUT2D eigenvalue weighted by Gasteiger charge is -2.10. The summed E-state index contributed by atoms with van der Waals surface area (Å²) >= 11 is 0. The first-order valence-corrected chi connectivity index (χ1v) is 8.54. The van der Waals surface area contributed by atoms with E-state index in [4.69, 9.17) is 13.7 Å². The molecule has 0 amide bonds. The van der Waals surface area contributed by atoms with Gasteiger partial charge in [0.05, 0.1) is 7.11 Å². The van der Waals surface area contributed by atoms with Crippen molar-refractivity contribution in [3.05, 3.63) is 40.6 Å². The van der Waals surface area contributed by atoms with Crippen molar-refractivity contribution in [2.24, 2.45) is 0 Å². The van der Waals surface area contributed by atoms with Crippen LogP contribution < -0.4 is 14.3 Å². The summed E-state index contributed by atoms with van der Waals surface area (Å²) in [6.45, 7) is 0. The maximum absolute atomic E-state index is 12.4. The number of phenols is 2. The SMILES string of the molecule is COc1cc(-c2oc3cc(OS(=O)(=O)O)cc(O)c3c(=O)c2O)ccc1O. The van der Waals surface area contributed by atoms with Crippen molar-refractivity contribution < 1.29 is 41.6 Å². The first-order chi connectivity index (χ1) is 12.6. The van der Waals surface area contributed by atoms with Gasteiger partial charge in [-0.15, -0.1) is 0 Å². The van der Waals surface area contributed by atoms with Crippen LogP contribution in [0.2, 0.25) is 0 Å². The van der Waals surface area contributed by atoms with Crippen LogP contribution in [-0.4, -0.2) is 35.4 Å². The summed E-state index contributed by atoms with van der Waals surface area (Å²) in [6, 6.07) is 5.56. The van der Waals surface area contributed by atoms with Crippen LogP contribution in [0, 0.1) is 0 Å². The molecule has 0 saturated carbocycles. The fourth-order valence-corrected chi connectivity index (χ4v) is 2.79. The Kier molecular flexibility index (Phi) is 4.33. The summed E-state index contributed by atoms with van der Waals surface area (Å²) in [5.74, 6) is -2.55. The van der Waals surface area contributed by atoms with E-state index in [1.54, 1.807) is 0 Å². The Hall–Kier alpha value is -3.44. The number of benzene rings is 2. The Balaban J connectivity index is 2.29. The van der Waals surface area contributed by atoms with E-state index in [0.717, 1.165) is 12.1 Å². The van der Waals surface area contributed by atoms with Gasteiger partial charge in [0.15, 0.2) is 23.0 Å². The molecule has 27 heavy (non-hydrogen) atoms. The molecular formula is C16H12O10S. The second-order valence-electron chi connectivity index (χ2n) is 5.32. The number of hydrogen-bond acceptors (Lipinski definition) is 9. The molecule has 0 unspecified atom stereocenters. The van der Waals surface area contributed by atoms with E-state index in [1.807, 2.05) is 0 Å². The Morgan fingerprint density at radius 1 is 1.04 bits per heavy atom. The minimum absolute atomic E-state index is 0.0425. The first-order valence-electron chi connectivity index (χ1n) is 7.17. The van der Waals surface area contributed by atoms with Crippen molar-refractivity contribution in [3.63, 3.8) is 0 Å². The number of aromatic hydroxyl groups is 3. The van der Waals surface area contributed by atoms with Gasteiger partial charge in [-0.05, 0) is 18.2 Å². The Labute approximate surface area is 151 Å². The van der Waals surface area contributed by atoms with Crippen LogP contribution in [0.4, 0.5) is 0 Å². The smallest absolute Gasteiger partial charge is 0.446 e. The number of methoxy groups -OCH3 is 1. The number of phenolic OH excluding ortho intramolecular Hbond substituents is 2.